The molecule has 0 aliphatic rings. The molecular formula is C13H13NO2S. The van der Waals surface area contributed by atoms with E-state index in [0.717, 1.165) is 33.7 Å². The quantitative estimate of drug-likeness (QED) is 0.781. The summed E-state index contributed by atoms with van der Waals surface area (Å²) in [7, 11) is 1.65. The summed E-state index contributed by atoms with van der Waals surface area (Å²) >= 11 is 1.45. The average molecular weight is 247 g/mol. The Balaban J connectivity index is 2.60. The highest BCUT2D eigenvalue weighted by Gasteiger charge is 2.13. The number of hydrogen-bond donors (Lipinski definition) is 0. The molecule has 0 fully saturated rings. The Morgan fingerprint density at radius 2 is 2.12 bits per heavy atom. The van der Waals surface area contributed by atoms with Gasteiger partial charge in [-0.1, -0.05) is 6.07 Å². The van der Waals surface area contributed by atoms with E-state index >= 15 is 0 Å². The molecule has 0 atom stereocenters. The summed E-state index contributed by atoms with van der Waals surface area (Å²) < 4.78 is 5.41. The fourth-order valence-electron chi connectivity index (χ4n) is 1.85. The third-order valence-corrected chi connectivity index (χ3v) is 3.39. The first kappa shape index (κ1) is 11.8. The molecule has 1 aromatic carbocycles. The Labute approximate surface area is 104 Å². The molecule has 4 heteroatoms. The molecule has 0 aliphatic heterocycles. The molecule has 2 aromatic rings. The van der Waals surface area contributed by atoms with Gasteiger partial charge in [0.2, 0.25) is 0 Å². The second kappa shape index (κ2) is 4.67. The zero-order valence-corrected chi connectivity index (χ0v) is 10.8. The second-order valence-corrected chi connectivity index (χ2v) is 4.72. The maximum Gasteiger partial charge on any atom is 0.169 e. The minimum Gasteiger partial charge on any atom is -0.496 e. The molecule has 0 N–H and O–H groups in total. The lowest BCUT2D eigenvalue weighted by molar-refractivity contribution is 0.111. The standard InChI is InChI=1S/C13H13NO2S/c1-8-4-9(2)12(16-3)11(5-8)13-14-10(6-15)7-17-13/h4-7H,1-3H3. The number of hydrogen-bond acceptors (Lipinski definition) is 4. The number of benzene rings is 1. The highest BCUT2D eigenvalue weighted by atomic mass is 32.1. The van der Waals surface area contributed by atoms with Crippen molar-refractivity contribution in [3.05, 3.63) is 34.3 Å². The van der Waals surface area contributed by atoms with Crippen molar-refractivity contribution in [2.24, 2.45) is 0 Å². The first-order valence-electron chi connectivity index (χ1n) is 5.22. The molecule has 2 rings (SSSR count). The third kappa shape index (κ3) is 2.22. The van der Waals surface area contributed by atoms with Gasteiger partial charge in [0.25, 0.3) is 0 Å². The van der Waals surface area contributed by atoms with Crippen LogP contribution in [0, 0.1) is 13.8 Å². The van der Waals surface area contributed by atoms with Crippen molar-refractivity contribution in [3.63, 3.8) is 0 Å². The van der Waals surface area contributed by atoms with Crippen molar-refractivity contribution in [2.45, 2.75) is 13.8 Å². The number of aromatic nitrogens is 1. The maximum absolute atomic E-state index is 10.7. The molecule has 1 aromatic heterocycles. The molecule has 17 heavy (non-hydrogen) atoms. The van der Waals surface area contributed by atoms with E-state index in [-0.39, 0.29) is 0 Å². The van der Waals surface area contributed by atoms with Gasteiger partial charge in [-0.2, -0.15) is 0 Å². The van der Waals surface area contributed by atoms with Crippen LogP contribution in [0.5, 0.6) is 5.75 Å². The van der Waals surface area contributed by atoms with E-state index in [0.29, 0.717) is 5.69 Å². The first-order valence-corrected chi connectivity index (χ1v) is 6.10. The van der Waals surface area contributed by atoms with E-state index < -0.39 is 0 Å². The fourth-order valence-corrected chi connectivity index (χ4v) is 2.63. The zero-order valence-electron chi connectivity index (χ0n) is 9.98. The Hall–Kier alpha value is -1.68. The summed E-state index contributed by atoms with van der Waals surface area (Å²) in [6.07, 6.45) is 0.759. The minimum absolute atomic E-state index is 0.464. The highest BCUT2D eigenvalue weighted by Crippen LogP contribution is 2.35. The van der Waals surface area contributed by atoms with E-state index in [1.807, 2.05) is 19.9 Å². The van der Waals surface area contributed by atoms with Crippen LogP contribution in [0.4, 0.5) is 0 Å². The van der Waals surface area contributed by atoms with E-state index in [9.17, 15) is 4.79 Å². The van der Waals surface area contributed by atoms with E-state index in [2.05, 4.69) is 11.1 Å². The number of aryl methyl sites for hydroxylation is 2. The van der Waals surface area contributed by atoms with Gasteiger partial charge in [-0.25, -0.2) is 4.98 Å². The van der Waals surface area contributed by atoms with Crippen molar-refractivity contribution < 1.29 is 9.53 Å². The van der Waals surface area contributed by atoms with Crippen LogP contribution in [-0.4, -0.2) is 18.4 Å². The van der Waals surface area contributed by atoms with Gasteiger partial charge >= 0.3 is 0 Å². The summed E-state index contributed by atoms with van der Waals surface area (Å²) in [4.78, 5) is 14.9. The van der Waals surface area contributed by atoms with E-state index in [1.54, 1.807) is 12.5 Å². The van der Waals surface area contributed by atoms with Gasteiger partial charge in [-0.15, -0.1) is 11.3 Å². The molecule has 3 nitrogen and oxygen atoms in total. The van der Waals surface area contributed by atoms with Gasteiger partial charge in [0, 0.05) is 5.38 Å². The predicted octanol–water partition coefficient (Wildman–Crippen LogP) is 3.25. The molecule has 1 heterocycles. The molecule has 0 bridgehead atoms. The van der Waals surface area contributed by atoms with Crippen LogP contribution in [0.1, 0.15) is 21.6 Å². The van der Waals surface area contributed by atoms with Crippen LogP contribution >= 0.6 is 11.3 Å². The maximum atomic E-state index is 10.7. The van der Waals surface area contributed by atoms with E-state index in [1.165, 1.54) is 11.3 Å². The number of methoxy groups -OCH3 is 1. The topological polar surface area (TPSA) is 39.2 Å². The Bertz CT molecular complexity index is 561. The summed E-state index contributed by atoms with van der Waals surface area (Å²) in [6.45, 7) is 4.04. The Morgan fingerprint density at radius 3 is 2.71 bits per heavy atom. The van der Waals surface area contributed by atoms with Crippen molar-refractivity contribution in [1.29, 1.82) is 0 Å². The highest BCUT2D eigenvalue weighted by molar-refractivity contribution is 7.13. The van der Waals surface area contributed by atoms with Gasteiger partial charge in [-0.3, -0.25) is 4.79 Å². The molecule has 0 radical (unpaired) electrons. The Kier molecular flexibility index (Phi) is 3.24. The summed E-state index contributed by atoms with van der Waals surface area (Å²) in [5, 5.41) is 2.56. The third-order valence-electron chi connectivity index (χ3n) is 2.50. The molecular weight excluding hydrogens is 234 g/mol. The molecule has 0 saturated heterocycles. The summed E-state index contributed by atoms with van der Waals surface area (Å²) in [6, 6.07) is 4.09. The SMILES string of the molecule is COc1c(C)cc(C)cc1-c1nc(C=O)cs1. The molecule has 0 amide bonds. The van der Waals surface area contributed by atoms with Crippen molar-refractivity contribution >= 4 is 17.6 Å². The molecule has 88 valence electrons. The number of thiazole rings is 1. The monoisotopic (exact) mass is 247 g/mol. The van der Waals surface area contributed by atoms with Crippen LogP contribution in [0.15, 0.2) is 17.5 Å². The van der Waals surface area contributed by atoms with Gasteiger partial charge < -0.3 is 4.74 Å². The number of aldehydes is 1. The second-order valence-electron chi connectivity index (χ2n) is 3.86. The average Bonchev–Trinajstić information content (AvgIpc) is 2.76. The van der Waals surface area contributed by atoms with Crippen LogP contribution in [-0.2, 0) is 0 Å². The first-order chi connectivity index (χ1) is 8.15. The summed E-state index contributed by atoms with van der Waals surface area (Å²) in [5.74, 6) is 0.822. The Morgan fingerprint density at radius 1 is 1.35 bits per heavy atom. The van der Waals surface area contributed by atoms with Crippen molar-refractivity contribution in [3.8, 4) is 16.3 Å². The number of carbonyl (C=O) groups is 1. The van der Waals surface area contributed by atoms with Crippen molar-refractivity contribution in [2.75, 3.05) is 7.11 Å². The smallest absolute Gasteiger partial charge is 0.169 e. The lowest BCUT2D eigenvalue weighted by atomic mass is 10.1. The fraction of sp³-hybridized carbons (Fsp3) is 0.231. The van der Waals surface area contributed by atoms with Crippen LogP contribution in [0.2, 0.25) is 0 Å². The van der Waals surface area contributed by atoms with Gasteiger partial charge in [0.1, 0.15) is 16.5 Å². The van der Waals surface area contributed by atoms with Gasteiger partial charge in [0.05, 0.1) is 12.7 Å². The molecule has 0 aliphatic carbocycles. The summed E-state index contributed by atoms with van der Waals surface area (Å²) in [5.41, 5.74) is 3.64. The molecule has 0 spiro atoms. The van der Waals surface area contributed by atoms with Crippen LogP contribution < -0.4 is 4.74 Å². The van der Waals surface area contributed by atoms with Gasteiger partial charge in [0.15, 0.2) is 6.29 Å². The number of carbonyl (C=O) groups excluding carboxylic acids is 1. The van der Waals surface area contributed by atoms with Crippen molar-refractivity contribution in [1.82, 2.24) is 4.98 Å². The number of nitrogens with zero attached hydrogens (tertiary/aromatic N) is 1. The predicted molar refractivity (Wildman–Crippen MR) is 69.0 cm³/mol. The molecule has 0 saturated carbocycles. The number of rotatable bonds is 3. The van der Waals surface area contributed by atoms with Gasteiger partial charge in [-0.05, 0) is 31.0 Å². The largest absolute Gasteiger partial charge is 0.496 e. The number of ether oxygens (including phenoxy) is 1. The van der Waals surface area contributed by atoms with Crippen LogP contribution in [0.3, 0.4) is 0 Å². The lowest BCUT2D eigenvalue weighted by Crippen LogP contribution is -1.92. The van der Waals surface area contributed by atoms with Crippen LogP contribution in [0.25, 0.3) is 10.6 Å². The lowest BCUT2D eigenvalue weighted by Gasteiger charge is -2.10. The van der Waals surface area contributed by atoms with E-state index in [4.69, 9.17) is 4.74 Å². The zero-order chi connectivity index (χ0) is 12.4. The minimum atomic E-state index is 0.464. The normalized spacial score (nSPS) is 10.3. The molecule has 0 unspecified atom stereocenters.